The number of non-ortho nitro benzene ring substituents is 1. The van der Waals surface area contributed by atoms with Crippen LogP contribution in [0.25, 0.3) is 22.2 Å². The number of carbonyl (C=O) groups excluding carboxylic acids is 2. The number of benzene rings is 3. The maximum absolute atomic E-state index is 13.2. The summed E-state index contributed by atoms with van der Waals surface area (Å²) in [6.45, 7) is 3.59. The predicted octanol–water partition coefficient (Wildman–Crippen LogP) is 7.28. The van der Waals surface area contributed by atoms with Crippen LogP contribution < -0.4 is 0 Å². The van der Waals surface area contributed by atoms with Gasteiger partial charge in [-0.15, -0.1) is 0 Å². The van der Waals surface area contributed by atoms with Crippen molar-refractivity contribution in [3.63, 3.8) is 0 Å². The molecule has 0 amide bonds. The molecule has 0 aliphatic carbocycles. The van der Waals surface area contributed by atoms with E-state index in [0.717, 1.165) is 24.0 Å². The summed E-state index contributed by atoms with van der Waals surface area (Å²) in [7, 11) is 0. The smallest absolute Gasteiger partial charge is 0.339 e. The third-order valence-corrected chi connectivity index (χ3v) is 6.47. The molecule has 0 saturated heterocycles. The molecule has 194 valence electrons. The van der Waals surface area contributed by atoms with Gasteiger partial charge in [0.1, 0.15) is 0 Å². The number of hydrogen-bond donors (Lipinski definition) is 0. The highest BCUT2D eigenvalue weighted by molar-refractivity contribution is 6.06. The molecule has 0 bridgehead atoms. The van der Waals surface area contributed by atoms with Gasteiger partial charge in [-0.25, -0.2) is 9.78 Å². The van der Waals surface area contributed by atoms with Gasteiger partial charge in [0, 0.05) is 28.6 Å². The number of ketones is 1. The second-order valence-corrected chi connectivity index (χ2v) is 9.39. The summed E-state index contributed by atoms with van der Waals surface area (Å²) in [6.07, 6.45) is 5.86. The number of pyridine rings is 1. The number of aryl methyl sites for hydroxylation is 2. The number of nitro groups is 1. The lowest BCUT2D eigenvalue weighted by Gasteiger charge is -2.11. The Kier molecular flexibility index (Phi) is 8.58. The molecule has 0 fully saturated rings. The van der Waals surface area contributed by atoms with Gasteiger partial charge < -0.3 is 4.74 Å². The van der Waals surface area contributed by atoms with Crippen LogP contribution in [0.2, 0.25) is 0 Å². The lowest BCUT2D eigenvalue weighted by molar-refractivity contribution is -0.384. The van der Waals surface area contributed by atoms with Crippen LogP contribution in [-0.4, -0.2) is 28.3 Å². The Bertz CT molecular complexity index is 1480. The standard InChI is InChI=1S/C31H30N2O5/c1-3-4-5-6-8-22-12-14-23(15-13-22)29-19-27(26-17-21(2)11-16-28(26)32-29)31(35)38-20-30(34)24-9-7-10-25(18-24)33(36)37/h7,9-19H,3-6,8,20H2,1-2H3. The average Bonchev–Trinajstić information content (AvgIpc) is 2.93. The number of rotatable bonds is 11. The SMILES string of the molecule is CCCCCCc1ccc(-c2cc(C(=O)OCC(=O)c3cccc([N+](=O)[O-])c3)c3cc(C)ccc3n2)cc1. The molecule has 0 radical (unpaired) electrons. The van der Waals surface area contributed by atoms with Crippen LogP contribution in [0, 0.1) is 17.0 Å². The number of fused-ring (bicyclic) bond motifs is 1. The van der Waals surface area contributed by atoms with Crippen molar-refractivity contribution < 1.29 is 19.2 Å². The zero-order valence-electron chi connectivity index (χ0n) is 21.6. The van der Waals surface area contributed by atoms with Crippen molar-refractivity contribution in [2.45, 2.75) is 46.0 Å². The average molecular weight is 511 g/mol. The number of nitro benzene ring substituents is 1. The molecular formula is C31H30N2O5. The van der Waals surface area contributed by atoms with Crippen molar-refractivity contribution >= 4 is 28.3 Å². The third kappa shape index (κ3) is 6.48. The molecule has 38 heavy (non-hydrogen) atoms. The van der Waals surface area contributed by atoms with Gasteiger partial charge in [0.2, 0.25) is 5.78 Å². The molecule has 1 aromatic heterocycles. The Labute approximate surface area is 221 Å². The Morgan fingerprint density at radius 3 is 2.47 bits per heavy atom. The summed E-state index contributed by atoms with van der Waals surface area (Å²) in [5, 5.41) is 11.7. The molecule has 4 rings (SSSR count). The normalized spacial score (nSPS) is 10.9. The molecule has 0 aliphatic heterocycles. The van der Waals surface area contributed by atoms with E-state index in [0.29, 0.717) is 22.2 Å². The molecule has 0 atom stereocenters. The topological polar surface area (TPSA) is 99.4 Å². The molecule has 0 spiro atoms. The van der Waals surface area contributed by atoms with Gasteiger partial charge in [-0.1, -0.05) is 74.2 Å². The maximum Gasteiger partial charge on any atom is 0.339 e. The van der Waals surface area contributed by atoms with E-state index in [9.17, 15) is 19.7 Å². The van der Waals surface area contributed by atoms with E-state index in [1.54, 1.807) is 6.07 Å². The molecule has 7 nitrogen and oxygen atoms in total. The fourth-order valence-electron chi connectivity index (χ4n) is 4.34. The first-order chi connectivity index (χ1) is 18.4. The van der Waals surface area contributed by atoms with Gasteiger partial charge in [-0.05, 0) is 43.5 Å². The number of nitrogens with zero attached hydrogens (tertiary/aromatic N) is 2. The zero-order chi connectivity index (χ0) is 27.1. The number of esters is 1. The largest absolute Gasteiger partial charge is 0.454 e. The number of ether oxygens (including phenoxy) is 1. The molecular weight excluding hydrogens is 480 g/mol. The fourth-order valence-corrected chi connectivity index (χ4v) is 4.34. The Balaban J connectivity index is 1.56. The fraction of sp³-hybridized carbons (Fsp3) is 0.258. The second kappa shape index (κ2) is 12.2. The monoisotopic (exact) mass is 510 g/mol. The van der Waals surface area contributed by atoms with E-state index in [1.807, 2.05) is 37.3 Å². The quantitative estimate of drug-likeness (QED) is 0.0691. The van der Waals surface area contributed by atoms with Crippen molar-refractivity contribution in [1.29, 1.82) is 0 Å². The van der Waals surface area contributed by atoms with E-state index < -0.39 is 23.3 Å². The minimum Gasteiger partial charge on any atom is -0.454 e. The van der Waals surface area contributed by atoms with E-state index in [4.69, 9.17) is 9.72 Å². The minimum atomic E-state index is -0.657. The maximum atomic E-state index is 13.2. The van der Waals surface area contributed by atoms with Crippen molar-refractivity contribution in [3.05, 3.63) is 105 Å². The Morgan fingerprint density at radius 2 is 1.74 bits per heavy atom. The van der Waals surface area contributed by atoms with Crippen molar-refractivity contribution in [1.82, 2.24) is 4.98 Å². The van der Waals surface area contributed by atoms with Gasteiger partial charge in [-0.2, -0.15) is 0 Å². The highest BCUT2D eigenvalue weighted by atomic mass is 16.6. The summed E-state index contributed by atoms with van der Waals surface area (Å²) in [5.41, 5.74) is 4.61. The zero-order valence-corrected chi connectivity index (χ0v) is 21.6. The van der Waals surface area contributed by atoms with Gasteiger partial charge in [0.15, 0.2) is 6.61 Å². The first-order valence-electron chi connectivity index (χ1n) is 12.8. The highest BCUT2D eigenvalue weighted by Gasteiger charge is 2.18. The summed E-state index contributed by atoms with van der Waals surface area (Å²) < 4.78 is 5.38. The number of Topliss-reactive ketones (excluding diaryl/α,β-unsaturated/α-hetero) is 1. The van der Waals surface area contributed by atoms with Gasteiger partial charge in [0.25, 0.3) is 5.69 Å². The van der Waals surface area contributed by atoms with Crippen LogP contribution in [0.3, 0.4) is 0 Å². The molecule has 4 aromatic rings. The van der Waals surface area contributed by atoms with Crippen LogP contribution in [0.5, 0.6) is 0 Å². The molecule has 0 aliphatic rings. The minimum absolute atomic E-state index is 0.109. The third-order valence-electron chi connectivity index (χ3n) is 6.47. The van der Waals surface area contributed by atoms with Crippen LogP contribution in [0.15, 0.2) is 72.8 Å². The van der Waals surface area contributed by atoms with Gasteiger partial charge in [-0.3, -0.25) is 14.9 Å². The second-order valence-electron chi connectivity index (χ2n) is 9.39. The van der Waals surface area contributed by atoms with Gasteiger partial charge >= 0.3 is 5.97 Å². The van der Waals surface area contributed by atoms with Crippen LogP contribution in [0.1, 0.15) is 64.4 Å². The van der Waals surface area contributed by atoms with Crippen LogP contribution >= 0.6 is 0 Å². The number of aromatic nitrogens is 1. The molecule has 0 saturated carbocycles. The van der Waals surface area contributed by atoms with Crippen LogP contribution in [0.4, 0.5) is 5.69 Å². The highest BCUT2D eigenvalue weighted by Crippen LogP contribution is 2.27. The van der Waals surface area contributed by atoms with E-state index in [2.05, 4.69) is 19.1 Å². The van der Waals surface area contributed by atoms with Crippen molar-refractivity contribution in [2.75, 3.05) is 6.61 Å². The lowest BCUT2D eigenvalue weighted by atomic mass is 10.0. The first-order valence-corrected chi connectivity index (χ1v) is 12.8. The Hall–Kier alpha value is -4.39. The van der Waals surface area contributed by atoms with Crippen molar-refractivity contribution in [2.24, 2.45) is 0 Å². The summed E-state index contributed by atoms with van der Waals surface area (Å²) in [6, 6.07) is 20.9. The van der Waals surface area contributed by atoms with Crippen LogP contribution in [-0.2, 0) is 11.2 Å². The Morgan fingerprint density at radius 1 is 0.947 bits per heavy atom. The molecule has 1 heterocycles. The molecule has 0 N–H and O–H groups in total. The lowest BCUT2D eigenvalue weighted by Crippen LogP contribution is -2.15. The first kappa shape index (κ1) is 26.7. The van der Waals surface area contributed by atoms with E-state index in [1.165, 1.54) is 49.1 Å². The predicted molar refractivity (Wildman–Crippen MR) is 147 cm³/mol. The summed E-state index contributed by atoms with van der Waals surface area (Å²) in [5.74, 6) is -1.18. The number of hydrogen-bond acceptors (Lipinski definition) is 6. The number of unbranched alkanes of at least 4 members (excludes halogenated alkanes) is 3. The molecule has 7 heteroatoms. The summed E-state index contributed by atoms with van der Waals surface area (Å²) >= 11 is 0. The molecule has 0 unspecified atom stereocenters. The summed E-state index contributed by atoms with van der Waals surface area (Å²) in [4.78, 5) is 41.0. The van der Waals surface area contributed by atoms with Gasteiger partial charge in [0.05, 0.1) is 21.7 Å². The van der Waals surface area contributed by atoms with Crippen molar-refractivity contribution in [3.8, 4) is 11.3 Å². The molecule has 3 aromatic carbocycles. The number of carbonyl (C=O) groups is 2. The van der Waals surface area contributed by atoms with E-state index in [-0.39, 0.29) is 11.3 Å². The van der Waals surface area contributed by atoms with E-state index >= 15 is 0 Å².